The topological polar surface area (TPSA) is 94.8 Å². The standard InChI is InChI=1S/C18H28O5/c1-2-14-15(17(21)12-16(14)20)11-10-13(19)8-6-4-3-5-7-9-18(22)23/h4,6,10-11,13-15,17,19,21H,2-3,5,7-9,12H2,1H3,(H,22,23)/b6-4-,11-10+/t13-,14-,15+,17+/m1/s1. The molecule has 5 nitrogen and oxygen atoms in total. The van der Waals surface area contributed by atoms with E-state index in [1.165, 1.54) is 0 Å². The molecule has 1 saturated carbocycles. The fourth-order valence-electron chi connectivity index (χ4n) is 2.97. The fraction of sp³-hybridized carbons (Fsp3) is 0.667. The number of carboxylic acids is 1. The second-order valence-electron chi connectivity index (χ2n) is 6.13. The molecule has 0 unspecified atom stereocenters. The van der Waals surface area contributed by atoms with Gasteiger partial charge in [-0.1, -0.05) is 31.2 Å². The van der Waals surface area contributed by atoms with Crippen molar-refractivity contribution in [3.63, 3.8) is 0 Å². The lowest BCUT2D eigenvalue weighted by molar-refractivity contribution is -0.137. The van der Waals surface area contributed by atoms with E-state index in [4.69, 9.17) is 5.11 Å². The van der Waals surface area contributed by atoms with E-state index in [0.29, 0.717) is 19.3 Å². The predicted octanol–water partition coefficient (Wildman–Crippen LogP) is 2.47. The summed E-state index contributed by atoms with van der Waals surface area (Å²) in [6.45, 7) is 1.94. The predicted molar refractivity (Wildman–Crippen MR) is 87.9 cm³/mol. The van der Waals surface area contributed by atoms with Crippen LogP contribution in [-0.4, -0.2) is 39.3 Å². The molecule has 1 aliphatic carbocycles. The van der Waals surface area contributed by atoms with Crippen molar-refractivity contribution in [1.82, 2.24) is 0 Å². The van der Waals surface area contributed by atoms with E-state index in [-0.39, 0.29) is 30.5 Å². The summed E-state index contributed by atoms with van der Waals surface area (Å²) in [5.74, 6) is -1.00. The van der Waals surface area contributed by atoms with Crippen LogP contribution in [0.2, 0.25) is 0 Å². The first kappa shape index (κ1) is 19.6. The highest BCUT2D eigenvalue weighted by Gasteiger charge is 2.38. The zero-order chi connectivity index (χ0) is 17.2. The molecule has 0 radical (unpaired) electrons. The van der Waals surface area contributed by atoms with Crippen LogP contribution < -0.4 is 0 Å². The van der Waals surface area contributed by atoms with Crippen molar-refractivity contribution >= 4 is 11.8 Å². The molecule has 0 aromatic carbocycles. The van der Waals surface area contributed by atoms with Crippen LogP contribution in [0.1, 0.15) is 51.9 Å². The molecule has 1 rings (SSSR count). The molecule has 4 atom stereocenters. The number of aliphatic carboxylic acids is 1. The summed E-state index contributed by atoms with van der Waals surface area (Å²) in [6, 6.07) is 0. The minimum Gasteiger partial charge on any atom is -0.481 e. The zero-order valence-electron chi connectivity index (χ0n) is 13.7. The first-order chi connectivity index (χ1) is 11.0. The molecule has 5 heteroatoms. The molecule has 1 fully saturated rings. The molecule has 3 N–H and O–H groups in total. The van der Waals surface area contributed by atoms with Gasteiger partial charge in [-0.25, -0.2) is 0 Å². The second kappa shape index (κ2) is 10.3. The third-order valence-corrected chi connectivity index (χ3v) is 4.28. The molecule has 0 bridgehead atoms. The number of carboxylic acid groups (broad SMARTS) is 1. The van der Waals surface area contributed by atoms with Gasteiger partial charge in [0.1, 0.15) is 5.78 Å². The number of carbonyl (C=O) groups is 2. The van der Waals surface area contributed by atoms with Gasteiger partial charge in [-0.05, 0) is 32.1 Å². The van der Waals surface area contributed by atoms with Gasteiger partial charge in [-0.15, -0.1) is 0 Å². The van der Waals surface area contributed by atoms with Gasteiger partial charge < -0.3 is 15.3 Å². The number of hydrogen-bond donors (Lipinski definition) is 3. The minimum absolute atomic E-state index is 0.102. The second-order valence-corrected chi connectivity index (χ2v) is 6.13. The normalized spacial score (nSPS) is 26.4. The SMILES string of the molecule is CC[C@H]1C(=O)C[C@H](O)[C@H]1/C=C/[C@H](O)C/C=C\CCCCC(=O)O. The van der Waals surface area contributed by atoms with Crippen LogP contribution >= 0.6 is 0 Å². The molecule has 0 aromatic heterocycles. The Hall–Kier alpha value is -1.46. The molecule has 0 amide bonds. The van der Waals surface area contributed by atoms with Crippen LogP contribution in [0, 0.1) is 11.8 Å². The Balaban J connectivity index is 2.28. The lowest BCUT2D eigenvalue weighted by atomic mass is 9.91. The maximum atomic E-state index is 11.7. The average molecular weight is 324 g/mol. The number of ketones is 1. The van der Waals surface area contributed by atoms with Crippen molar-refractivity contribution in [3.05, 3.63) is 24.3 Å². The molecule has 0 spiro atoms. The average Bonchev–Trinajstić information content (AvgIpc) is 2.76. The van der Waals surface area contributed by atoms with Gasteiger partial charge in [0.2, 0.25) is 0 Å². The number of rotatable bonds is 10. The van der Waals surface area contributed by atoms with Crippen LogP contribution in [0.5, 0.6) is 0 Å². The summed E-state index contributed by atoms with van der Waals surface area (Å²) < 4.78 is 0. The Kier molecular flexibility index (Phi) is 8.81. The zero-order valence-corrected chi connectivity index (χ0v) is 13.7. The molecular weight excluding hydrogens is 296 g/mol. The first-order valence-electron chi connectivity index (χ1n) is 8.39. The maximum absolute atomic E-state index is 11.7. The largest absolute Gasteiger partial charge is 0.481 e. The summed E-state index contributed by atoms with van der Waals surface area (Å²) in [6.07, 6.45) is 9.85. The number of unbranched alkanes of at least 4 members (excludes halogenated alkanes) is 2. The lowest BCUT2D eigenvalue weighted by Crippen LogP contribution is -2.18. The number of aliphatic hydroxyl groups excluding tert-OH is 2. The van der Waals surface area contributed by atoms with E-state index in [2.05, 4.69) is 0 Å². The van der Waals surface area contributed by atoms with Crippen LogP contribution in [-0.2, 0) is 9.59 Å². The van der Waals surface area contributed by atoms with Crippen molar-refractivity contribution in [3.8, 4) is 0 Å². The van der Waals surface area contributed by atoms with Gasteiger partial charge in [-0.3, -0.25) is 9.59 Å². The molecule has 0 saturated heterocycles. The van der Waals surface area contributed by atoms with Gasteiger partial charge in [0.05, 0.1) is 12.2 Å². The number of aliphatic hydroxyl groups is 2. The van der Waals surface area contributed by atoms with Crippen LogP contribution in [0.15, 0.2) is 24.3 Å². The summed E-state index contributed by atoms with van der Waals surface area (Å²) in [7, 11) is 0. The highest BCUT2D eigenvalue weighted by molar-refractivity contribution is 5.84. The number of allylic oxidation sites excluding steroid dienone is 1. The van der Waals surface area contributed by atoms with Crippen molar-refractivity contribution in [1.29, 1.82) is 0 Å². The van der Waals surface area contributed by atoms with Crippen molar-refractivity contribution in [2.75, 3.05) is 0 Å². The Morgan fingerprint density at radius 2 is 2.09 bits per heavy atom. The molecule has 1 aliphatic rings. The van der Waals surface area contributed by atoms with Crippen molar-refractivity contribution in [2.45, 2.75) is 64.1 Å². The summed E-state index contributed by atoms with van der Waals surface area (Å²) >= 11 is 0. The van der Waals surface area contributed by atoms with Crippen LogP contribution in [0.4, 0.5) is 0 Å². The Bertz CT molecular complexity index is 441. The fourth-order valence-corrected chi connectivity index (χ4v) is 2.97. The molecule has 23 heavy (non-hydrogen) atoms. The third kappa shape index (κ3) is 7.10. The quantitative estimate of drug-likeness (QED) is 0.424. The van der Waals surface area contributed by atoms with E-state index >= 15 is 0 Å². The third-order valence-electron chi connectivity index (χ3n) is 4.28. The van der Waals surface area contributed by atoms with E-state index in [0.717, 1.165) is 12.8 Å². The van der Waals surface area contributed by atoms with Crippen LogP contribution in [0.3, 0.4) is 0 Å². The summed E-state index contributed by atoms with van der Waals surface area (Å²) in [5, 5.41) is 28.3. The van der Waals surface area contributed by atoms with Gasteiger partial charge in [0.15, 0.2) is 0 Å². The highest BCUT2D eigenvalue weighted by Crippen LogP contribution is 2.32. The molecule has 0 aliphatic heterocycles. The Morgan fingerprint density at radius 3 is 2.74 bits per heavy atom. The smallest absolute Gasteiger partial charge is 0.303 e. The first-order valence-corrected chi connectivity index (χ1v) is 8.39. The lowest BCUT2D eigenvalue weighted by Gasteiger charge is -2.16. The van der Waals surface area contributed by atoms with Crippen molar-refractivity contribution < 1.29 is 24.9 Å². The minimum atomic E-state index is -0.771. The molecular formula is C18H28O5. The van der Waals surface area contributed by atoms with E-state index in [1.54, 1.807) is 12.2 Å². The van der Waals surface area contributed by atoms with E-state index < -0.39 is 18.2 Å². The van der Waals surface area contributed by atoms with Gasteiger partial charge in [-0.2, -0.15) is 0 Å². The number of Topliss-reactive ketones (excluding diaryl/α,β-unsaturated/α-hetero) is 1. The molecule has 0 heterocycles. The molecule has 130 valence electrons. The summed E-state index contributed by atoms with van der Waals surface area (Å²) in [4.78, 5) is 22.1. The highest BCUT2D eigenvalue weighted by atomic mass is 16.4. The van der Waals surface area contributed by atoms with E-state index in [9.17, 15) is 19.8 Å². The van der Waals surface area contributed by atoms with E-state index in [1.807, 2.05) is 19.1 Å². The summed E-state index contributed by atoms with van der Waals surface area (Å²) in [5.41, 5.74) is 0. The maximum Gasteiger partial charge on any atom is 0.303 e. The number of carbonyl (C=O) groups excluding carboxylic acids is 1. The van der Waals surface area contributed by atoms with Crippen LogP contribution in [0.25, 0.3) is 0 Å². The van der Waals surface area contributed by atoms with Gasteiger partial charge in [0, 0.05) is 24.7 Å². The van der Waals surface area contributed by atoms with Crippen molar-refractivity contribution in [2.24, 2.45) is 11.8 Å². The monoisotopic (exact) mass is 324 g/mol. The molecule has 0 aromatic rings. The Morgan fingerprint density at radius 1 is 1.35 bits per heavy atom. The van der Waals surface area contributed by atoms with Gasteiger partial charge in [0.25, 0.3) is 0 Å². The Labute approximate surface area is 137 Å². The van der Waals surface area contributed by atoms with Gasteiger partial charge >= 0.3 is 5.97 Å². The number of hydrogen-bond acceptors (Lipinski definition) is 4.